The Hall–Kier alpha value is -1.73. The minimum atomic E-state index is -0.319. The van der Waals surface area contributed by atoms with Crippen LogP contribution in [0.25, 0.3) is 0 Å². The maximum Gasteiger partial charge on any atom is 0.201 e. The van der Waals surface area contributed by atoms with Gasteiger partial charge in [0.2, 0.25) is 5.78 Å². The molecule has 2 aromatic carbocycles. The Labute approximate surface area is 136 Å². The van der Waals surface area contributed by atoms with Gasteiger partial charge in [-0.25, -0.2) is 0 Å². The molecule has 21 heavy (non-hydrogen) atoms. The molecule has 0 aliphatic rings. The highest BCUT2D eigenvalue weighted by molar-refractivity contribution is 6.36. The van der Waals surface area contributed by atoms with E-state index >= 15 is 0 Å². The summed E-state index contributed by atoms with van der Waals surface area (Å²) in [6, 6.07) is 11.1. The average molecular weight is 341 g/mol. The number of carbonyl (C=O) groups is 1. The lowest BCUT2D eigenvalue weighted by Crippen LogP contribution is -2.12. The van der Waals surface area contributed by atoms with Crippen molar-refractivity contribution < 1.29 is 9.53 Å². The van der Waals surface area contributed by atoms with Crippen molar-refractivity contribution in [3.63, 3.8) is 0 Å². The Morgan fingerprint density at radius 1 is 1.10 bits per heavy atom. The van der Waals surface area contributed by atoms with E-state index in [2.05, 4.69) is 0 Å². The van der Waals surface area contributed by atoms with Crippen LogP contribution in [0.3, 0.4) is 0 Å². The molecule has 0 fully saturated rings. The summed E-state index contributed by atoms with van der Waals surface area (Å²) in [5.41, 5.74) is 0.607. The SMILES string of the molecule is N#Cc1ccc(Cl)cc1OCC(=O)c1ccc(Cl)cc1Cl. The van der Waals surface area contributed by atoms with E-state index in [1.165, 1.54) is 24.3 Å². The zero-order valence-electron chi connectivity index (χ0n) is 10.6. The molecule has 0 saturated carbocycles. The molecule has 0 radical (unpaired) electrons. The van der Waals surface area contributed by atoms with Gasteiger partial charge in [0.05, 0.1) is 10.6 Å². The van der Waals surface area contributed by atoms with Gasteiger partial charge in [-0.2, -0.15) is 5.26 Å². The number of halogens is 3. The van der Waals surface area contributed by atoms with Crippen LogP contribution >= 0.6 is 34.8 Å². The molecule has 0 heterocycles. The maximum atomic E-state index is 12.1. The second-order valence-corrected chi connectivity index (χ2v) is 5.37. The summed E-state index contributed by atoms with van der Waals surface area (Å²) < 4.78 is 5.36. The molecule has 6 heteroatoms. The quantitative estimate of drug-likeness (QED) is 0.753. The third-order valence-corrected chi connectivity index (χ3v) is 3.44. The molecule has 0 unspecified atom stereocenters. The van der Waals surface area contributed by atoms with Gasteiger partial charge in [0.25, 0.3) is 0 Å². The molecule has 106 valence electrons. The van der Waals surface area contributed by atoms with Crippen LogP contribution in [0.4, 0.5) is 0 Å². The lowest BCUT2D eigenvalue weighted by molar-refractivity contribution is 0.0921. The fourth-order valence-electron chi connectivity index (χ4n) is 1.64. The number of hydrogen-bond donors (Lipinski definition) is 0. The molecule has 0 atom stereocenters. The van der Waals surface area contributed by atoms with Crippen LogP contribution < -0.4 is 4.74 Å². The molecule has 0 bridgehead atoms. The van der Waals surface area contributed by atoms with Crippen LogP contribution in [0.1, 0.15) is 15.9 Å². The first-order valence-corrected chi connectivity index (χ1v) is 6.95. The number of nitriles is 1. The van der Waals surface area contributed by atoms with E-state index < -0.39 is 0 Å². The van der Waals surface area contributed by atoms with E-state index in [0.29, 0.717) is 21.2 Å². The Morgan fingerprint density at radius 2 is 1.76 bits per heavy atom. The van der Waals surface area contributed by atoms with E-state index in [9.17, 15) is 4.79 Å². The molecule has 2 rings (SSSR count). The molecule has 2 aromatic rings. The third-order valence-electron chi connectivity index (χ3n) is 2.65. The minimum absolute atomic E-state index is 0.253. The Balaban J connectivity index is 2.15. The van der Waals surface area contributed by atoms with Crippen LogP contribution in [-0.2, 0) is 0 Å². The minimum Gasteiger partial charge on any atom is -0.484 e. The van der Waals surface area contributed by atoms with Gasteiger partial charge in [0, 0.05) is 21.7 Å². The van der Waals surface area contributed by atoms with Crippen molar-refractivity contribution in [2.75, 3.05) is 6.61 Å². The van der Waals surface area contributed by atoms with Crippen molar-refractivity contribution in [1.29, 1.82) is 5.26 Å². The van der Waals surface area contributed by atoms with Crippen LogP contribution in [0.2, 0.25) is 15.1 Å². The number of nitrogens with zero attached hydrogens (tertiary/aromatic N) is 1. The molecule has 0 amide bonds. The predicted molar refractivity (Wildman–Crippen MR) is 82.5 cm³/mol. The molecule has 0 aliphatic heterocycles. The number of benzene rings is 2. The Morgan fingerprint density at radius 3 is 2.43 bits per heavy atom. The van der Waals surface area contributed by atoms with Gasteiger partial charge in [0.1, 0.15) is 11.8 Å². The van der Waals surface area contributed by atoms with E-state index in [4.69, 9.17) is 44.8 Å². The first-order chi connectivity index (χ1) is 10.0. The molecular weight excluding hydrogens is 333 g/mol. The van der Waals surface area contributed by atoms with Crippen molar-refractivity contribution in [2.45, 2.75) is 0 Å². The molecule has 0 spiro atoms. The molecule has 0 aliphatic carbocycles. The number of Topliss-reactive ketones (excluding diaryl/α,β-unsaturated/α-hetero) is 1. The standard InChI is InChI=1S/C15H8Cl3NO2/c16-10-3-4-12(13(18)5-10)14(20)8-21-15-6-11(17)2-1-9(15)7-19/h1-6H,8H2. The number of ether oxygens (including phenoxy) is 1. The predicted octanol–water partition coefficient (Wildman–Crippen LogP) is 4.78. The summed E-state index contributed by atoms with van der Waals surface area (Å²) >= 11 is 17.6. The largest absolute Gasteiger partial charge is 0.484 e. The topological polar surface area (TPSA) is 50.1 Å². The van der Waals surface area contributed by atoms with Crippen LogP contribution in [0.5, 0.6) is 5.75 Å². The van der Waals surface area contributed by atoms with E-state index in [-0.39, 0.29) is 23.2 Å². The number of rotatable bonds is 4. The second-order valence-electron chi connectivity index (χ2n) is 4.09. The van der Waals surface area contributed by atoms with Crippen molar-refractivity contribution in [3.8, 4) is 11.8 Å². The summed E-state index contributed by atoms with van der Waals surface area (Å²) in [6.45, 7) is -0.254. The summed E-state index contributed by atoms with van der Waals surface area (Å²) in [5, 5.41) is 10.1. The number of carbonyl (C=O) groups excluding carboxylic acids is 1. The molecule has 0 N–H and O–H groups in total. The van der Waals surface area contributed by atoms with Gasteiger partial charge in [-0.15, -0.1) is 0 Å². The van der Waals surface area contributed by atoms with Crippen LogP contribution in [0.15, 0.2) is 36.4 Å². The van der Waals surface area contributed by atoms with Crippen LogP contribution in [0, 0.1) is 11.3 Å². The maximum absolute atomic E-state index is 12.1. The zero-order valence-corrected chi connectivity index (χ0v) is 12.8. The van der Waals surface area contributed by atoms with E-state index in [1.54, 1.807) is 12.1 Å². The molecule has 3 nitrogen and oxygen atoms in total. The van der Waals surface area contributed by atoms with Gasteiger partial charge in [-0.3, -0.25) is 4.79 Å². The third kappa shape index (κ3) is 3.89. The summed E-state index contributed by atoms with van der Waals surface area (Å²) in [4.78, 5) is 12.1. The van der Waals surface area contributed by atoms with Gasteiger partial charge >= 0.3 is 0 Å². The number of hydrogen-bond acceptors (Lipinski definition) is 3. The highest BCUT2D eigenvalue weighted by atomic mass is 35.5. The fourth-order valence-corrected chi connectivity index (χ4v) is 2.32. The lowest BCUT2D eigenvalue weighted by Gasteiger charge is -2.08. The summed E-state index contributed by atoms with van der Waals surface area (Å²) in [6.07, 6.45) is 0. The van der Waals surface area contributed by atoms with Gasteiger partial charge < -0.3 is 4.74 Å². The summed E-state index contributed by atoms with van der Waals surface area (Å²) in [7, 11) is 0. The fraction of sp³-hybridized carbons (Fsp3) is 0.0667. The van der Waals surface area contributed by atoms with Gasteiger partial charge in [0.15, 0.2) is 6.61 Å². The van der Waals surface area contributed by atoms with Crippen molar-refractivity contribution in [2.24, 2.45) is 0 Å². The van der Waals surface area contributed by atoms with E-state index in [0.717, 1.165) is 0 Å². The molecule has 0 saturated heterocycles. The van der Waals surface area contributed by atoms with Gasteiger partial charge in [-0.1, -0.05) is 34.8 Å². The highest BCUT2D eigenvalue weighted by Crippen LogP contribution is 2.24. The smallest absolute Gasteiger partial charge is 0.201 e. The average Bonchev–Trinajstić information content (AvgIpc) is 2.45. The molecule has 0 aromatic heterocycles. The highest BCUT2D eigenvalue weighted by Gasteiger charge is 2.13. The van der Waals surface area contributed by atoms with Crippen LogP contribution in [-0.4, -0.2) is 12.4 Å². The molecular formula is C15H8Cl3NO2. The first kappa shape index (κ1) is 15.7. The van der Waals surface area contributed by atoms with Crippen molar-refractivity contribution >= 4 is 40.6 Å². The zero-order chi connectivity index (χ0) is 15.4. The Bertz CT molecular complexity index is 738. The van der Waals surface area contributed by atoms with E-state index in [1.807, 2.05) is 6.07 Å². The second kappa shape index (κ2) is 6.82. The van der Waals surface area contributed by atoms with Crippen molar-refractivity contribution in [3.05, 3.63) is 62.6 Å². The summed E-state index contributed by atoms with van der Waals surface area (Å²) in [5.74, 6) is -0.0658. The number of ketones is 1. The lowest BCUT2D eigenvalue weighted by atomic mass is 10.1. The normalized spacial score (nSPS) is 10.0. The monoisotopic (exact) mass is 339 g/mol. The van der Waals surface area contributed by atoms with Gasteiger partial charge in [-0.05, 0) is 30.3 Å². The Kier molecular flexibility index (Phi) is 5.08. The van der Waals surface area contributed by atoms with Crippen molar-refractivity contribution in [1.82, 2.24) is 0 Å². The first-order valence-electron chi connectivity index (χ1n) is 5.82.